The Morgan fingerprint density at radius 2 is 1.91 bits per heavy atom. The first-order valence-corrected chi connectivity index (χ1v) is 7.93. The zero-order valence-electron chi connectivity index (χ0n) is 12.8. The monoisotopic (exact) mass is 292 g/mol. The zero-order chi connectivity index (χ0) is 14.9. The van der Waals surface area contributed by atoms with Gasteiger partial charge in [0.1, 0.15) is 5.75 Å². The molecule has 0 fully saturated rings. The maximum Gasteiger partial charge on any atom is 0.119 e. The smallest absolute Gasteiger partial charge is 0.119 e. The van der Waals surface area contributed by atoms with Crippen LogP contribution in [0.15, 0.2) is 53.6 Å². The maximum atomic E-state index is 5.24. The maximum absolute atomic E-state index is 5.24. The Morgan fingerprint density at radius 3 is 2.73 bits per heavy atom. The van der Waals surface area contributed by atoms with Gasteiger partial charge in [0.2, 0.25) is 0 Å². The number of nitrogens with zero attached hydrogens (tertiary/aromatic N) is 2. The van der Waals surface area contributed by atoms with Gasteiger partial charge in [0.15, 0.2) is 0 Å². The molecule has 0 bridgehead atoms. The summed E-state index contributed by atoms with van der Waals surface area (Å²) in [6.07, 6.45) is 3.64. The lowest BCUT2D eigenvalue weighted by atomic mass is 9.95. The number of anilines is 1. The lowest BCUT2D eigenvalue weighted by Gasteiger charge is -2.16. The average Bonchev–Trinajstić information content (AvgIpc) is 2.92. The minimum Gasteiger partial charge on any atom is -0.497 e. The fourth-order valence-electron chi connectivity index (χ4n) is 3.49. The van der Waals surface area contributed by atoms with E-state index >= 15 is 0 Å². The molecule has 112 valence electrons. The molecule has 0 unspecified atom stereocenters. The van der Waals surface area contributed by atoms with Gasteiger partial charge in [0, 0.05) is 11.5 Å². The van der Waals surface area contributed by atoms with Crippen molar-refractivity contribution in [1.82, 2.24) is 0 Å². The number of methoxy groups -OCH3 is 1. The summed E-state index contributed by atoms with van der Waals surface area (Å²) in [5.41, 5.74) is 5.20. The van der Waals surface area contributed by atoms with Crippen LogP contribution in [0.3, 0.4) is 0 Å². The molecule has 0 N–H and O–H groups in total. The number of hydrazone groups is 1. The Balaban J connectivity index is 1.69. The first kappa shape index (κ1) is 13.4. The van der Waals surface area contributed by atoms with E-state index in [1.54, 1.807) is 7.11 Å². The quantitative estimate of drug-likeness (QED) is 0.839. The molecule has 0 radical (unpaired) electrons. The molecule has 2 aliphatic rings. The van der Waals surface area contributed by atoms with Crippen LogP contribution in [-0.4, -0.2) is 19.4 Å². The summed E-state index contributed by atoms with van der Waals surface area (Å²) in [5, 5.41) is 7.09. The highest BCUT2D eigenvalue weighted by molar-refractivity contribution is 6.05. The van der Waals surface area contributed by atoms with Gasteiger partial charge in [-0.05, 0) is 49.1 Å². The van der Waals surface area contributed by atoms with E-state index in [2.05, 4.69) is 41.4 Å². The normalized spacial score (nSPS) is 20.0. The lowest BCUT2D eigenvalue weighted by Crippen LogP contribution is -2.19. The Morgan fingerprint density at radius 1 is 1.09 bits per heavy atom. The molecule has 0 saturated heterocycles. The van der Waals surface area contributed by atoms with Crippen molar-refractivity contribution in [1.29, 1.82) is 0 Å². The molecular formula is C19H20N2O. The highest BCUT2D eigenvalue weighted by Gasteiger charge is 2.31. The summed E-state index contributed by atoms with van der Waals surface area (Å²) < 4.78 is 5.24. The second-order valence-corrected chi connectivity index (χ2v) is 6.01. The van der Waals surface area contributed by atoms with Crippen molar-refractivity contribution in [3.05, 3.63) is 59.7 Å². The predicted octanol–water partition coefficient (Wildman–Crippen LogP) is 3.87. The van der Waals surface area contributed by atoms with Crippen LogP contribution in [0, 0.1) is 5.92 Å². The number of rotatable bonds is 2. The lowest BCUT2D eigenvalue weighted by molar-refractivity contribution is 0.415. The molecule has 1 aliphatic carbocycles. The molecule has 0 saturated carbocycles. The van der Waals surface area contributed by atoms with Gasteiger partial charge < -0.3 is 4.74 Å². The average molecular weight is 292 g/mol. The molecule has 4 rings (SSSR count). The van der Waals surface area contributed by atoms with Gasteiger partial charge in [-0.3, -0.25) is 5.01 Å². The summed E-state index contributed by atoms with van der Waals surface area (Å²) in [4.78, 5) is 0. The van der Waals surface area contributed by atoms with Crippen molar-refractivity contribution in [3.63, 3.8) is 0 Å². The van der Waals surface area contributed by atoms with Crippen molar-refractivity contribution in [2.75, 3.05) is 18.7 Å². The van der Waals surface area contributed by atoms with Gasteiger partial charge >= 0.3 is 0 Å². The summed E-state index contributed by atoms with van der Waals surface area (Å²) >= 11 is 0. The molecule has 1 atom stereocenters. The molecule has 0 aromatic heterocycles. The standard InChI is InChI=1S/C19H20N2O/c1-22-17-11-9-16(10-12-17)21-13-15-7-4-6-14-5-2-3-8-18(14)19(15)20-21/h2-3,5,8-12,15H,4,6-7,13H2,1H3/t15-/m1/s1. The largest absolute Gasteiger partial charge is 0.497 e. The van der Waals surface area contributed by atoms with E-state index in [9.17, 15) is 0 Å². The molecule has 2 aromatic rings. The third-order valence-corrected chi connectivity index (χ3v) is 4.67. The summed E-state index contributed by atoms with van der Waals surface area (Å²) in [7, 11) is 1.69. The highest BCUT2D eigenvalue weighted by atomic mass is 16.5. The molecule has 2 aromatic carbocycles. The van der Waals surface area contributed by atoms with Crippen LogP contribution in [0.1, 0.15) is 24.0 Å². The SMILES string of the molecule is COc1ccc(N2C[C@H]3CCCc4ccccc4C3=N2)cc1. The van der Waals surface area contributed by atoms with Crippen LogP contribution in [0.25, 0.3) is 0 Å². The summed E-state index contributed by atoms with van der Waals surface area (Å²) in [5.74, 6) is 1.43. The Kier molecular flexibility index (Phi) is 3.34. The number of hydrogen-bond acceptors (Lipinski definition) is 3. The molecule has 22 heavy (non-hydrogen) atoms. The van der Waals surface area contributed by atoms with Gasteiger partial charge in [-0.2, -0.15) is 5.10 Å². The summed E-state index contributed by atoms with van der Waals surface area (Å²) in [6, 6.07) is 16.9. The van der Waals surface area contributed by atoms with Crippen molar-refractivity contribution in [2.45, 2.75) is 19.3 Å². The van der Waals surface area contributed by atoms with E-state index in [1.165, 1.54) is 36.1 Å². The van der Waals surface area contributed by atoms with Crippen molar-refractivity contribution < 1.29 is 4.74 Å². The molecule has 0 amide bonds. The number of benzene rings is 2. The predicted molar refractivity (Wildman–Crippen MR) is 89.7 cm³/mol. The van der Waals surface area contributed by atoms with E-state index in [-0.39, 0.29) is 0 Å². The van der Waals surface area contributed by atoms with Gasteiger partial charge in [0.05, 0.1) is 25.1 Å². The van der Waals surface area contributed by atoms with E-state index in [1.807, 2.05) is 12.1 Å². The van der Waals surface area contributed by atoms with Gasteiger partial charge in [0.25, 0.3) is 0 Å². The Labute approximate surface area is 131 Å². The fraction of sp³-hybridized carbons (Fsp3) is 0.316. The topological polar surface area (TPSA) is 24.8 Å². The number of aryl methyl sites for hydroxylation is 1. The molecular weight excluding hydrogens is 272 g/mol. The number of ether oxygens (including phenoxy) is 1. The molecule has 1 heterocycles. The summed E-state index contributed by atoms with van der Waals surface area (Å²) in [6.45, 7) is 0.982. The molecule has 3 heteroatoms. The van der Waals surface area contributed by atoms with E-state index in [4.69, 9.17) is 9.84 Å². The Bertz CT molecular complexity index is 706. The van der Waals surface area contributed by atoms with Crippen LogP contribution >= 0.6 is 0 Å². The molecule has 0 spiro atoms. The number of fused-ring (bicyclic) bond motifs is 3. The van der Waals surface area contributed by atoms with Crippen LogP contribution in [0.4, 0.5) is 5.69 Å². The highest BCUT2D eigenvalue weighted by Crippen LogP contribution is 2.32. The second-order valence-electron chi connectivity index (χ2n) is 6.01. The minimum atomic E-state index is 0.547. The zero-order valence-corrected chi connectivity index (χ0v) is 12.8. The van der Waals surface area contributed by atoms with Gasteiger partial charge in [-0.25, -0.2) is 0 Å². The van der Waals surface area contributed by atoms with Gasteiger partial charge in [-0.1, -0.05) is 24.3 Å². The van der Waals surface area contributed by atoms with Crippen molar-refractivity contribution in [2.24, 2.45) is 11.0 Å². The first-order valence-electron chi connectivity index (χ1n) is 7.93. The van der Waals surface area contributed by atoms with Crippen LogP contribution in [-0.2, 0) is 6.42 Å². The second kappa shape index (κ2) is 5.48. The number of hydrogen-bond donors (Lipinski definition) is 0. The Hall–Kier alpha value is -2.29. The van der Waals surface area contributed by atoms with Crippen molar-refractivity contribution >= 4 is 11.4 Å². The third kappa shape index (κ3) is 2.27. The van der Waals surface area contributed by atoms with Crippen LogP contribution in [0.2, 0.25) is 0 Å². The van der Waals surface area contributed by atoms with E-state index in [0.717, 1.165) is 18.0 Å². The van der Waals surface area contributed by atoms with Crippen LogP contribution in [0.5, 0.6) is 5.75 Å². The van der Waals surface area contributed by atoms with Crippen molar-refractivity contribution in [3.8, 4) is 5.75 Å². The first-order chi connectivity index (χ1) is 10.8. The minimum absolute atomic E-state index is 0.547. The fourth-order valence-corrected chi connectivity index (χ4v) is 3.49. The third-order valence-electron chi connectivity index (χ3n) is 4.67. The molecule has 1 aliphatic heterocycles. The van der Waals surface area contributed by atoms with E-state index < -0.39 is 0 Å². The molecule has 3 nitrogen and oxygen atoms in total. The van der Waals surface area contributed by atoms with Gasteiger partial charge in [-0.15, -0.1) is 0 Å². The van der Waals surface area contributed by atoms with Crippen LogP contribution < -0.4 is 9.75 Å². The van der Waals surface area contributed by atoms with E-state index in [0.29, 0.717) is 5.92 Å².